The summed E-state index contributed by atoms with van der Waals surface area (Å²) in [5.41, 5.74) is 9.14. The van der Waals surface area contributed by atoms with Gasteiger partial charge < -0.3 is 34.3 Å². The largest absolute Gasteiger partial charge is 0.508 e. The molecular weight excluding hydrogens is 1150 g/mol. The lowest BCUT2D eigenvalue weighted by Crippen LogP contribution is -2.17. The topological polar surface area (TPSA) is 166 Å². The van der Waals surface area contributed by atoms with Crippen LogP contribution in [0.2, 0.25) is 0 Å². The van der Waals surface area contributed by atoms with Crippen molar-refractivity contribution in [3.63, 3.8) is 0 Å². The number of aliphatic hydroxyl groups is 2. The third kappa shape index (κ3) is 125. The summed E-state index contributed by atoms with van der Waals surface area (Å²) in [6.07, 6.45) is 5.33. The molecule has 0 saturated carbocycles. The number of aryl methyl sites for hydroxylation is 6. The summed E-state index contributed by atoms with van der Waals surface area (Å²) in [6.45, 7) is 75.5. The molecule has 3 N–H and O–H groups in total. The van der Waals surface area contributed by atoms with Crippen LogP contribution in [0.3, 0.4) is 0 Å². The molecule has 0 amide bonds. The van der Waals surface area contributed by atoms with Crippen molar-refractivity contribution in [2.75, 3.05) is 26.4 Å². The highest BCUT2D eigenvalue weighted by Crippen LogP contribution is 2.09. The Morgan fingerprint density at radius 3 is 0.946 bits per heavy atom. The number of carbonyl (C=O) groups excluding carboxylic acids is 4. The van der Waals surface area contributed by atoms with Crippen LogP contribution in [0.4, 0.5) is 0 Å². The van der Waals surface area contributed by atoms with Crippen LogP contribution >= 0.6 is 0 Å². The lowest BCUT2D eigenvalue weighted by atomic mass is 10.0. The number of ether oxygens (including phenoxy) is 4. The first-order chi connectivity index (χ1) is 42.5. The third-order valence-corrected chi connectivity index (χ3v) is 8.87. The van der Waals surface area contributed by atoms with Crippen LogP contribution in [0.15, 0.2) is 153 Å². The molecule has 4 aromatic carbocycles. The van der Waals surface area contributed by atoms with Crippen molar-refractivity contribution in [1.29, 1.82) is 0 Å². The highest BCUT2D eigenvalue weighted by molar-refractivity contribution is 5.87. The average molecular weight is 1300 g/mol. The molecule has 4 rings (SSSR count). The molecule has 0 heterocycles. The summed E-state index contributed by atoms with van der Waals surface area (Å²) in [5.74, 6) is 0.472. The Kier molecular flexibility index (Phi) is 106. The summed E-state index contributed by atoms with van der Waals surface area (Å²) in [6, 6.07) is 34.3. The second-order valence-corrected chi connectivity index (χ2v) is 22.0. The monoisotopic (exact) mass is 1300 g/mol. The van der Waals surface area contributed by atoms with Gasteiger partial charge in [0.2, 0.25) is 0 Å². The van der Waals surface area contributed by atoms with Crippen LogP contribution in [0.25, 0.3) is 0 Å². The molecule has 0 bridgehead atoms. The average Bonchev–Trinajstić information content (AvgIpc) is 3.55. The number of aliphatic hydroxyl groups excluding tert-OH is 2. The van der Waals surface area contributed by atoms with Crippen molar-refractivity contribution in [1.82, 2.24) is 0 Å². The molecule has 0 aliphatic heterocycles. The maximum Gasteiger partial charge on any atom is 0.333 e. The molecule has 0 aliphatic carbocycles. The molecule has 0 radical (unpaired) electrons. The second kappa shape index (κ2) is 86.5. The van der Waals surface area contributed by atoms with E-state index >= 15 is 0 Å². The number of esters is 4. The number of phenolic OH excluding ortho intramolecular Hbond substituents is 1. The van der Waals surface area contributed by atoms with Gasteiger partial charge in [0.1, 0.15) is 19.0 Å². The van der Waals surface area contributed by atoms with Gasteiger partial charge in [-0.3, -0.25) is 0 Å². The van der Waals surface area contributed by atoms with Crippen molar-refractivity contribution in [3.8, 4) is 5.75 Å². The molecule has 2 unspecified atom stereocenters. The van der Waals surface area contributed by atoms with Crippen LogP contribution in [-0.4, -0.2) is 77.8 Å². The minimum Gasteiger partial charge on any atom is -0.508 e. The predicted octanol–water partition coefficient (Wildman–Crippen LogP) is 22.8. The van der Waals surface area contributed by atoms with Crippen molar-refractivity contribution in [3.05, 3.63) is 186 Å². The number of carbonyl (C=O) groups is 4. The first kappa shape index (κ1) is 113. The van der Waals surface area contributed by atoms with Gasteiger partial charge in [-0.25, -0.2) is 19.2 Å². The summed E-state index contributed by atoms with van der Waals surface area (Å²) in [7, 11) is 0. The van der Waals surface area contributed by atoms with E-state index in [2.05, 4.69) is 205 Å². The van der Waals surface area contributed by atoms with Crippen molar-refractivity contribution < 1.29 is 53.4 Å². The number of phenols is 1. The fourth-order valence-corrected chi connectivity index (χ4v) is 3.87. The SMILES string of the molecule is C.C=C(C)C(=O)OCC(O)CC.C=C(C)C(=O)OCCC.C=CC(=O)OCC(O)CC.C=CC(=O)OCCC.CC.CC.CC.CC.CC(C)(C)C.CC(C)C.CCC(C)C.Cc1ccc(C)cc1.Cc1ccc(O)cc1.Cc1cccc(C)c1.Cc1ccccc1. The Bertz CT molecular complexity index is 2070. The lowest BCUT2D eigenvalue weighted by Gasteiger charge is -2.07. The Balaban J connectivity index is -0.0000000761. The van der Waals surface area contributed by atoms with E-state index in [1.54, 1.807) is 26.0 Å². The van der Waals surface area contributed by atoms with Crippen molar-refractivity contribution >= 4 is 23.9 Å². The zero-order valence-electron chi connectivity index (χ0n) is 64.1. The molecule has 0 spiro atoms. The lowest BCUT2D eigenvalue weighted by molar-refractivity contribution is -0.142. The standard InChI is InChI=1S/C8H14O3.2C8H10.C7H12O3.C7H12O2.C7H8O.C7H8.C6H10O2.2C5H12.C4H10.4C2H6.CH4/c1-4-7(9)5-11-8(10)6(2)3;1-7-3-5-8(2)6-4-7;1-7-4-3-5-8(2)6-7;1-3-6(8)5-10-7(9)4-2;1-4-5-9-7(8)6(2)3;1-6-2-4-7(8)5-3-6;1-7-5-3-2-4-6-7;1-3-5-8-6(7)4-2;1-5(2,3)4;1-4-5(2)3;1-4(2)3;4*1-2;/h7,9H,2,4-5H2,1,3H3;2*3-6H,1-2H3;4,6,8H,2-3,5H2,1H3;2,4-5H2,1,3H3;2-5,8H,1H3;2-6H,1H3;4H,2-3,5H2,1H3;1-4H3;5H,4H2,1-3H3;4H,1-3H3;4*1-2H3;1H4. The maximum atomic E-state index is 10.7. The van der Waals surface area contributed by atoms with E-state index in [0.717, 1.165) is 36.8 Å². The molecule has 4 aromatic rings. The van der Waals surface area contributed by atoms with Crippen LogP contribution in [0.1, 0.15) is 239 Å². The van der Waals surface area contributed by atoms with Crippen molar-refractivity contribution in [2.24, 2.45) is 17.3 Å². The normalized spacial score (nSPS) is 9.24. The number of benzene rings is 4. The summed E-state index contributed by atoms with van der Waals surface area (Å²) in [4.78, 5) is 41.9. The summed E-state index contributed by atoms with van der Waals surface area (Å²) < 4.78 is 18.5. The quantitative estimate of drug-likeness (QED) is 0.0589. The molecule has 11 heteroatoms. The van der Waals surface area contributed by atoms with Gasteiger partial charge in [0.25, 0.3) is 0 Å². The smallest absolute Gasteiger partial charge is 0.333 e. The zero-order chi connectivity index (χ0) is 73.9. The maximum absolute atomic E-state index is 10.7. The zero-order valence-corrected chi connectivity index (χ0v) is 64.1. The molecule has 11 nitrogen and oxygen atoms in total. The Morgan fingerprint density at radius 2 is 0.717 bits per heavy atom. The number of rotatable bonds is 15. The molecule has 0 aliphatic rings. The van der Waals surface area contributed by atoms with Gasteiger partial charge in [-0.1, -0.05) is 317 Å². The number of hydrogen-bond acceptors (Lipinski definition) is 11. The van der Waals surface area contributed by atoms with Gasteiger partial charge in [0.15, 0.2) is 0 Å². The Morgan fingerprint density at radius 1 is 0.457 bits per heavy atom. The van der Waals surface area contributed by atoms with Gasteiger partial charge in [-0.2, -0.15) is 0 Å². The highest BCUT2D eigenvalue weighted by atomic mass is 16.5. The number of hydrogen-bond donors (Lipinski definition) is 3. The fraction of sp³-hybridized carbons (Fsp3) is 0.556. The first-order valence-corrected chi connectivity index (χ1v) is 33.0. The third-order valence-electron chi connectivity index (χ3n) is 8.87. The van der Waals surface area contributed by atoms with Crippen molar-refractivity contribution in [2.45, 2.75) is 259 Å². The second-order valence-electron chi connectivity index (χ2n) is 22.0. The summed E-state index contributed by atoms with van der Waals surface area (Å²) in [5, 5.41) is 26.6. The van der Waals surface area contributed by atoms with Gasteiger partial charge in [0, 0.05) is 23.3 Å². The van der Waals surface area contributed by atoms with E-state index in [1.165, 1.54) is 39.8 Å². The van der Waals surface area contributed by atoms with E-state index < -0.39 is 24.1 Å². The minimum absolute atomic E-state index is 0. The Labute approximate surface area is 569 Å². The van der Waals surface area contributed by atoms with E-state index in [0.29, 0.717) is 48.4 Å². The van der Waals surface area contributed by atoms with E-state index in [1.807, 2.05) is 120 Å². The molecule has 536 valence electrons. The number of aromatic hydroxyl groups is 1. The predicted molar refractivity (Wildman–Crippen MR) is 406 cm³/mol. The molecule has 0 aromatic heterocycles. The van der Waals surface area contributed by atoms with Gasteiger partial charge >= 0.3 is 23.9 Å². The molecule has 0 saturated heterocycles. The molecular formula is C81H146O11. The van der Waals surface area contributed by atoms with Gasteiger partial charge in [-0.05, 0) is 110 Å². The van der Waals surface area contributed by atoms with Crippen LogP contribution in [0.5, 0.6) is 5.75 Å². The first-order valence-electron chi connectivity index (χ1n) is 33.0. The van der Waals surface area contributed by atoms with E-state index in [4.69, 9.17) is 20.1 Å². The molecule has 2 atom stereocenters. The Hall–Kier alpha value is -6.56. The van der Waals surface area contributed by atoms with E-state index in [-0.39, 0.29) is 32.6 Å². The van der Waals surface area contributed by atoms with E-state index in [9.17, 15) is 19.2 Å². The summed E-state index contributed by atoms with van der Waals surface area (Å²) >= 11 is 0. The van der Waals surface area contributed by atoms with Crippen LogP contribution in [0, 0.1) is 58.8 Å². The van der Waals surface area contributed by atoms with Gasteiger partial charge in [-0.15, -0.1) is 0 Å². The van der Waals surface area contributed by atoms with Crippen LogP contribution < -0.4 is 0 Å². The highest BCUT2D eigenvalue weighted by Gasteiger charge is 2.07. The molecule has 0 fully saturated rings. The van der Waals surface area contributed by atoms with Gasteiger partial charge in [0.05, 0.1) is 25.4 Å². The fourth-order valence-electron chi connectivity index (χ4n) is 3.87. The minimum atomic E-state index is -0.557. The molecule has 92 heavy (non-hydrogen) atoms. The van der Waals surface area contributed by atoms with Crippen LogP contribution in [-0.2, 0) is 38.1 Å².